The predicted molar refractivity (Wildman–Crippen MR) is 83.1 cm³/mol. The van der Waals surface area contributed by atoms with E-state index >= 15 is 0 Å². The van der Waals surface area contributed by atoms with Crippen LogP contribution < -0.4 is 5.32 Å². The Morgan fingerprint density at radius 3 is 2.65 bits per heavy atom. The van der Waals surface area contributed by atoms with E-state index in [2.05, 4.69) is 31.1 Å². The van der Waals surface area contributed by atoms with Crippen LogP contribution in [-0.2, 0) is 6.54 Å². The van der Waals surface area contributed by atoms with E-state index in [9.17, 15) is 10.1 Å². The van der Waals surface area contributed by atoms with Gasteiger partial charge in [-0.25, -0.2) is 0 Å². The van der Waals surface area contributed by atoms with Crippen LogP contribution in [0, 0.1) is 10.1 Å². The second-order valence-corrected chi connectivity index (χ2v) is 5.19. The summed E-state index contributed by atoms with van der Waals surface area (Å²) in [7, 11) is 2.06. The fourth-order valence-corrected chi connectivity index (χ4v) is 2.25. The van der Waals surface area contributed by atoms with Crippen molar-refractivity contribution >= 4 is 11.4 Å². The van der Waals surface area contributed by atoms with Crippen molar-refractivity contribution in [3.63, 3.8) is 0 Å². The molecule has 0 aromatic heterocycles. The molecular formula is C15H25N3O2. The van der Waals surface area contributed by atoms with E-state index in [0.717, 1.165) is 24.9 Å². The second kappa shape index (κ2) is 7.85. The summed E-state index contributed by atoms with van der Waals surface area (Å²) in [4.78, 5) is 13.0. The average molecular weight is 279 g/mol. The van der Waals surface area contributed by atoms with Crippen LogP contribution in [0.2, 0.25) is 0 Å². The normalized spacial score (nSPS) is 12.4. The molecule has 1 unspecified atom stereocenters. The van der Waals surface area contributed by atoms with Gasteiger partial charge in [-0.05, 0) is 38.9 Å². The summed E-state index contributed by atoms with van der Waals surface area (Å²) >= 11 is 0. The van der Waals surface area contributed by atoms with E-state index in [-0.39, 0.29) is 10.6 Å². The van der Waals surface area contributed by atoms with Gasteiger partial charge in [-0.1, -0.05) is 19.4 Å². The summed E-state index contributed by atoms with van der Waals surface area (Å²) in [6.45, 7) is 7.69. The predicted octanol–water partition coefficient (Wildman–Crippen LogP) is 3.65. The molecule has 0 saturated carbocycles. The molecule has 5 nitrogen and oxygen atoms in total. The van der Waals surface area contributed by atoms with Crippen LogP contribution in [0.25, 0.3) is 0 Å². The highest BCUT2D eigenvalue weighted by molar-refractivity contribution is 5.62. The van der Waals surface area contributed by atoms with Crippen LogP contribution in [0.4, 0.5) is 11.4 Å². The van der Waals surface area contributed by atoms with Gasteiger partial charge < -0.3 is 5.32 Å². The van der Waals surface area contributed by atoms with Gasteiger partial charge in [0.05, 0.1) is 4.92 Å². The van der Waals surface area contributed by atoms with Crippen molar-refractivity contribution in [2.24, 2.45) is 0 Å². The Morgan fingerprint density at radius 2 is 2.10 bits per heavy atom. The van der Waals surface area contributed by atoms with Crippen molar-refractivity contribution < 1.29 is 4.92 Å². The molecule has 0 aliphatic heterocycles. The van der Waals surface area contributed by atoms with E-state index in [1.165, 1.54) is 0 Å². The van der Waals surface area contributed by atoms with E-state index < -0.39 is 0 Å². The molecule has 5 heteroatoms. The Hall–Kier alpha value is -1.62. The Morgan fingerprint density at radius 1 is 1.40 bits per heavy atom. The Balaban J connectivity index is 2.86. The molecule has 0 bridgehead atoms. The lowest BCUT2D eigenvalue weighted by Crippen LogP contribution is -2.28. The minimum atomic E-state index is -0.322. The number of nitro benzene ring substituents is 1. The quantitative estimate of drug-likeness (QED) is 0.583. The molecule has 112 valence electrons. The molecule has 1 N–H and O–H groups in total. The van der Waals surface area contributed by atoms with Gasteiger partial charge in [-0.3, -0.25) is 15.0 Å². The van der Waals surface area contributed by atoms with Gasteiger partial charge >= 0.3 is 0 Å². The van der Waals surface area contributed by atoms with E-state index in [0.29, 0.717) is 18.3 Å². The Kier molecular flexibility index (Phi) is 6.45. The molecule has 20 heavy (non-hydrogen) atoms. The molecule has 0 saturated heterocycles. The first kappa shape index (κ1) is 16.4. The summed E-state index contributed by atoms with van der Waals surface area (Å²) in [5.74, 6) is 0. The molecule has 1 atom stereocenters. The van der Waals surface area contributed by atoms with Crippen LogP contribution in [-0.4, -0.2) is 29.5 Å². The number of rotatable bonds is 8. The van der Waals surface area contributed by atoms with Crippen LogP contribution in [0.15, 0.2) is 18.2 Å². The maximum Gasteiger partial charge on any atom is 0.292 e. The van der Waals surface area contributed by atoms with Crippen molar-refractivity contribution in [3.05, 3.63) is 33.9 Å². The molecule has 0 radical (unpaired) electrons. The number of nitrogens with one attached hydrogen (secondary N) is 1. The number of nitro groups is 1. The van der Waals surface area contributed by atoms with Gasteiger partial charge in [0.15, 0.2) is 0 Å². The molecule has 1 aromatic carbocycles. The number of benzene rings is 1. The van der Waals surface area contributed by atoms with E-state index in [1.54, 1.807) is 12.1 Å². The first-order valence-electron chi connectivity index (χ1n) is 7.21. The van der Waals surface area contributed by atoms with Crippen molar-refractivity contribution in [2.45, 2.75) is 46.2 Å². The third kappa shape index (κ3) is 4.49. The van der Waals surface area contributed by atoms with Crippen LogP contribution >= 0.6 is 0 Å². The van der Waals surface area contributed by atoms with Crippen LogP contribution in [0.3, 0.4) is 0 Å². The summed E-state index contributed by atoms with van der Waals surface area (Å²) in [5, 5.41) is 14.1. The number of anilines is 1. The lowest BCUT2D eigenvalue weighted by atomic mass is 10.1. The van der Waals surface area contributed by atoms with Gasteiger partial charge in [-0.2, -0.15) is 0 Å². The molecule has 1 aromatic rings. The van der Waals surface area contributed by atoms with Gasteiger partial charge in [-0.15, -0.1) is 0 Å². The third-order valence-electron chi connectivity index (χ3n) is 3.52. The van der Waals surface area contributed by atoms with Crippen molar-refractivity contribution in [1.82, 2.24) is 4.90 Å². The standard InChI is InChI=1S/C15H25N3O2/c1-5-7-12(3)17(4)11-13-8-9-14(16-6-2)15(10-13)18(19)20/h8-10,12,16H,5-7,11H2,1-4H3. The maximum absolute atomic E-state index is 11.1. The second-order valence-electron chi connectivity index (χ2n) is 5.19. The highest BCUT2D eigenvalue weighted by atomic mass is 16.6. The average Bonchev–Trinajstić information content (AvgIpc) is 2.40. The van der Waals surface area contributed by atoms with Gasteiger partial charge in [0.25, 0.3) is 5.69 Å². The van der Waals surface area contributed by atoms with Gasteiger partial charge in [0.2, 0.25) is 0 Å². The zero-order valence-corrected chi connectivity index (χ0v) is 12.8. The van der Waals surface area contributed by atoms with Crippen LogP contribution in [0.1, 0.15) is 39.2 Å². The molecule has 1 rings (SSSR count). The lowest BCUT2D eigenvalue weighted by molar-refractivity contribution is -0.384. The Bertz CT molecular complexity index is 449. The minimum absolute atomic E-state index is 0.154. The molecule has 0 amide bonds. The molecule has 0 fully saturated rings. The van der Waals surface area contributed by atoms with Crippen molar-refractivity contribution in [2.75, 3.05) is 18.9 Å². The highest BCUT2D eigenvalue weighted by Gasteiger charge is 2.15. The summed E-state index contributed by atoms with van der Waals surface area (Å²) in [6.07, 6.45) is 2.28. The Labute approximate surface area is 121 Å². The van der Waals surface area contributed by atoms with E-state index in [4.69, 9.17) is 0 Å². The number of hydrogen-bond donors (Lipinski definition) is 1. The first-order valence-corrected chi connectivity index (χ1v) is 7.21. The topological polar surface area (TPSA) is 58.4 Å². The maximum atomic E-state index is 11.1. The van der Waals surface area contributed by atoms with Crippen LogP contribution in [0.5, 0.6) is 0 Å². The third-order valence-corrected chi connectivity index (χ3v) is 3.52. The number of hydrogen-bond acceptors (Lipinski definition) is 4. The lowest BCUT2D eigenvalue weighted by Gasteiger charge is -2.24. The van der Waals surface area contributed by atoms with Crippen molar-refractivity contribution in [3.8, 4) is 0 Å². The SMILES string of the molecule is CCCC(C)N(C)Cc1ccc(NCC)c([N+](=O)[O-])c1. The van der Waals surface area contributed by atoms with Gasteiger partial charge in [0.1, 0.15) is 5.69 Å². The number of nitrogens with zero attached hydrogens (tertiary/aromatic N) is 2. The summed E-state index contributed by atoms with van der Waals surface area (Å²) in [5.41, 5.74) is 1.72. The molecule has 0 heterocycles. The minimum Gasteiger partial charge on any atom is -0.380 e. The molecule has 0 spiro atoms. The fourth-order valence-electron chi connectivity index (χ4n) is 2.25. The zero-order valence-electron chi connectivity index (χ0n) is 12.8. The first-order chi connectivity index (χ1) is 9.49. The monoisotopic (exact) mass is 279 g/mol. The fraction of sp³-hybridized carbons (Fsp3) is 0.600. The molecular weight excluding hydrogens is 254 g/mol. The summed E-state index contributed by atoms with van der Waals surface area (Å²) < 4.78 is 0. The van der Waals surface area contributed by atoms with Crippen molar-refractivity contribution in [1.29, 1.82) is 0 Å². The molecule has 0 aliphatic rings. The smallest absolute Gasteiger partial charge is 0.292 e. The van der Waals surface area contributed by atoms with E-state index in [1.807, 2.05) is 13.0 Å². The summed E-state index contributed by atoms with van der Waals surface area (Å²) in [6, 6.07) is 5.91. The highest BCUT2D eigenvalue weighted by Crippen LogP contribution is 2.26. The molecule has 0 aliphatic carbocycles. The van der Waals surface area contributed by atoms with Gasteiger partial charge in [0, 0.05) is 25.2 Å². The zero-order chi connectivity index (χ0) is 15.1. The largest absolute Gasteiger partial charge is 0.380 e.